The molecule has 1 aliphatic heterocycles. The minimum absolute atomic E-state index is 0.257. The number of unbranched alkanes of at least 4 members (excludes halogenated alkanes) is 1. The summed E-state index contributed by atoms with van der Waals surface area (Å²) in [5, 5.41) is 3.11. The van der Waals surface area contributed by atoms with Crippen LogP contribution in [-0.2, 0) is 17.9 Å². The predicted octanol–water partition coefficient (Wildman–Crippen LogP) is 2.01. The zero-order valence-corrected chi connectivity index (χ0v) is 13.3. The smallest absolute Gasteiger partial charge is 0.222 e. The molecule has 1 aliphatic rings. The Morgan fingerprint density at radius 1 is 1.41 bits per heavy atom. The lowest BCUT2D eigenvalue weighted by molar-refractivity contribution is -0.128. The maximum atomic E-state index is 11.7. The molecule has 3 N–H and O–H groups in total. The monoisotopic (exact) mass is 302 g/mol. The highest BCUT2D eigenvalue weighted by Crippen LogP contribution is 2.15. The van der Waals surface area contributed by atoms with Crippen molar-refractivity contribution < 1.29 is 4.79 Å². The van der Waals surface area contributed by atoms with E-state index in [4.69, 9.17) is 5.73 Å². The summed E-state index contributed by atoms with van der Waals surface area (Å²) in [7, 11) is 0. The van der Waals surface area contributed by atoms with Crippen molar-refractivity contribution in [1.82, 2.24) is 10.2 Å². The number of amides is 1. The van der Waals surface area contributed by atoms with E-state index in [2.05, 4.69) is 29.4 Å². The first-order chi connectivity index (χ1) is 10.7. The second kappa shape index (κ2) is 8.41. The minimum Gasteiger partial charge on any atom is -0.370 e. The largest absolute Gasteiger partial charge is 0.370 e. The summed E-state index contributed by atoms with van der Waals surface area (Å²) < 4.78 is 0. The van der Waals surface area contributed by atoms with Gasteiger partial charge in [0.2, 0.25) is 5.91 Å². The number of benzene rings is 1. The van der Waals surface area contributed by atoms with E-state index in [0.29, 0.717) is 25.5 Å². The van der Waals surface area contributed by atoms with E-state index in [0.717, 1.165) is 43.5 Å². The first kappa shape index (κ1) is 16.3. The third kappa shape index (κ3) is 5.06. The van der Waals surface area contributed by atoms with Gasteiger partial charge in [0.05, 0.1) is 6.54 Å². The van der Waals surface area contributed by atoms with Gasteiger partial charge in [-0.2, -0.15) is 0 Å². The molecule has 0 bridgehead atoms. The van der Waals surface area contributed by atoms with Crippen molar-refractivity contribution in [3.8, 4) is 0 Å². The van der Waals surface area contributed by atoms with Gasteiger partial charge in [0.25, 0.3) is 0 Å². The van der Waals surface area contributed by atoms with Crippen molar-refractivity contribution in [2.24, 2.45) is 10.7 Å². The van der Waals surface area contributed by atoms with Crippen LogP contribution in [0.5, 0.6) is 0 Å². The molecule has 0 unspecified atom stereocenters. The Bertz CT molecular complexity index is 527. The summed E-state index contributed by atoms with van der Waals surface area (Å²) in [6.45, 7) is 5.14. The van der Waals surface area contributed by atoms with Crippen LogP contribution < -0.4 is 11.1 Å². The van der Waals surface area contributed by atoms with Gasteiger partial charge >= 0.3 is 0 Å². The van der Waals surface area contributed by atoms with Crippen molar-refractivity contribution >= 4 is 11.9 Å². The number of rotatable bonds is 7. The van der Waals surface area contributed by atoms with Crippen LogP contribution in [0.3, 0.4) is 0 Å². The molecule has 1 fully saturated rings. The van der Waals surface area contributed by atoms with Gasteiger partial charge in [0, 0.05) is 26.1 Å². The average Bonchev–Trinajstić information content (AvgIpc) is 2.91. The third-order valence-electron chi connectivity index (χ3n) is 3.80. The number of carbonyl (C=O) groups excluding carboxylic acids is 1. The highest BCUT2D eigenvalue weighted by atomic mass is 16.2. The van der Waals surface area contributed by atoms with E-state index in [1.165, 1.54) is 0 Å². The van der Waals surface area contributed by atoms with Gasteiger partial charge in [-0.05, 0) is 24.0 Å². The van der Waals surface area contributed by atoms with Crippen LogP contribution in [0.4, 0.5) is 0 Å². The molecule has 5 nitrogen and oxygen atoms in total. The fourth-order valence-electron chi connectivity index (χ4n) is 2.54. The molecule has 0 atom stereocenters. The van der Waals surface area contributed by atoms with Crippen molar-refractivity contribution in [2.45, 2.75) is 45.7 Å². The van der Waals surface area contributed by atoms with Crippen molar-refractivity contribution in [3.63, 3.8) is 0 Å². The Morgan fingerprint density at radius 3 is 2.95 bits per heavy atom. The molecule has 0 aromatic heterocycles. The molecule has 1 heterocycles. The highest BCUT2D eigenvalue weighted by molar-refractivity contribution is 5.78. The van der Waals surface area contributed by atoms with Gasteiger partial charge in [-0.3, -0.25) is 4.79 Å². The van der Waals surface area contributed by atoms with E-state index >= 15 is 0 Å². The zero-order chi connectivity index (χ0) is 15.8. The molecule has 1 amide bonds. The van der Waals surface area contributed by atoms with E-state index in [9.17, 15) is 4.79 Å². The highest BCUT2D eigenvalue weighted by Gasteiger charge is 2.19. The first-order valence-corrected chi connectivity index (χ1v) is 8.08. The van der Waals surface area contributed by atoms with Crippen LogP contribution in [-0.4, -0.2) is 29.9 Å². The van der Waals surface area contributed by atoms with Gasteiger partial charge in [-0.15, -0.1) is 0 Å². The van der Waals surface area contributed by atoms with Crippen LogP contribution in [0.2, 0.25) is 0 Å². The fourth-order valence-corrected chi connectivity index (χ4v) is 2.54. The lowest BCUT2D eigenvalue weighted by Crippen LogP contribution is -2.32. The summed E-state index contributed by atoms with van der Waals surface area (Å²) in [6, 6.07) is 8.22. The van der Waals surface area contributed by atoms with Crippen LogP contribution in [0.15, 0.2) is 29.3 Å². The van der Waals surface area contributed by atoms with Crippen molar-refractivity contribution in [1.29, 1.82) is 0 Å². The molecule has 22 heavy (non-hydrogen) atoms. The second-order valence-electron chi connectivity index (χ2n) is 5.72. The van der Waals surface area contributed by atoms with Crippen LogP contribution >= 0.6 is 0 Å². The Morgan fingerprint density at radius 2 is 2.23 bits per heavy atom. The van der Waals surface area contributed by atoms with Gasteiger partial charge in [-0.25, -0.2) is 4.99 Å². The molecule has 0 saturated carbocycles. The minimum atomic E-state index is 0.257. The van der Waals surface area contributed by atoms with Crippen molar-refractivity contribution in [2.75, 3.05) is 13.1 Å². The fraction of sp³-hybridized carbons (Fsp3) is 0.529. The SMILES string of the molecule is CCCCNC(N)=NCc1cccc(CN2CCCC2=O)c1. The molecular formula is C17H26N4O. The lowest BCUT2D eigenvalue weighted by atomic mass is 10.1. The Kier molecular flexibility index (Phi) is 6.25. The van der Waals surface area contributed by atoms with Gasteiger partial charge in [-0.1, -0.05) is 37.6 Å². The molecule has 120 valence electrons. The summed E-state index contributed by atoms with van der Waals surface area (Å²) in [5.41, 5.74) is 8.10. The lowest BCUT2D eigenvalue weighted by Gasteiger charge is -2.15. The standard InChI is InChI=1S/C17H26N4O/c1-2-3-9-19-17(18)20-12-14-6-4-7-15(11-14)13-21-10-5-8-16(21)22/h4,6-7,11H,2-3,5,8-10,12-13H2,1H3,(H3,18,19,20). The quantitative estimate of drug-likeness (QED) is 0.460. The Balaban J connectivity index is 1.88. The third-order valence-corrected chi connectivity index (χ3v) is 3.80. The predicted molar refractivity (Wildman–Crippen MR) is 89.3 cm³/mol. The second-order valence-corrected chi connectivity index (χ2v) is 5.72. The van der Waals surface area contributed by atoms with Crippen LogP contribution in [0.1, 0.15) is 43.7 Å². The van der Waals surface area contributed by atoms with Crippen LogP contribution in [0.25, 0.3) is 0 Å². The first-order valence-electron chi connectivity index (χ1n) is 8.08. The van der Waals surface area contributed by atoms with Gasteiger partial charge < -0.3 is 16.0 Å². The summed E-state index contributed by atoms with van der Waals surface area (Å²) in [6.07, 6.45) is 3.89. The van der Waals surface area contributed by atoms with Crippen molar-refractivity contribution in [3.05, 3.63) is 35.4 Å². The number of hydrogen-bond donors (Lipinski definition) is 2. The molecule has 5 heteroatoms. The number of carbonyl (C=O) groups is 1. The zero-order valence-electron chi connectivity index (χ0n) is 13.3. The number of aliphatic imine (C=N–C) groups is 1. The molecule has 0 aliphatic carbocycles. The van der Waals surface area contributed by atoms with Gasteiger partial charge in [0.1, 0.15) is 0 Å². The summed E-state index contributed by atoms with van der Waals surface area (Å²) in [5.74, 6) is 0.751. The Hall–Kier alpha value is -2.04. The topological polar surface area (TPSA) is 70.7 Å². The Labute approximate surface area is 132 Å². The number of nitrogens with two attached hydrogens (primary N) is 1. The summed E-state index contributed by atoms with van der Waals surface area (Å²) in [4.78, 5) is 18.0. The normalized spacial score (nSPS) is 15.4. The molecule has 1 aromatic rings. The number of nitrogens with one attached hydrogen (secondary N) is 1. The molecule has 0 spiro atoms. The van der Waals surface area contributed by atoms with E-state index < -0.39 is 0 Å². The molecule has 1 saturated heterocycles. The summed E-state index contributed by atoms with van der Waals surface area (Å²) >= 11 is 0. The number of likely N-dealkylation sites (tertiary alicyclic amines) is 1. The number of hydrogen-bond acceptors (Lipinski definition) is 2. The molecule has 0 radical (unpaired) electrons. The average molecular weight is 302 g/mol. The van der Waals surface area contributed by atoms with E-state index in [1.807, 2.05) is 17.0 Å². The maximum absolute atomic E-state index is 11.7. The molecule has 2 rings (SSSR count). The number of guanidine groups is 1. The molecular weight excluding hydrogens is 276 g/mol. The van der Waals surface area contributed by atoms with E-state index in [-0.39, 0.29) is 5.91 Å². The maximum Gasteiger partial charge on any atom is 0.222 e. The number of nitrogens with zero attached hydrogens (tertiary/aromatic N) is 2. The molecule has 1 aromatic carbocycles. The van der Waals surface area contributed by atoms with Gasteiger partial charge in [0.15, 0.2) is 5.96 Å². The van der Waals surface area contributed by atoms with E-state index in [1.54, 1.807) is 0 Å². The van der Waals surface area contributed by atoms with Crippen LogP contribution in [0, 0.1) is 0 Å².